The van der Waals surface area contributed by atoms with Crippen molar-refractivity contribution in [2.75, 3.05) is 17.2 Å². The molecule has 2 aliphatic rings. The second-order valence-corrected chi connectivity index (χ2v) is 11.1. The lowest BCUT2D eigenvalue weighted by Crippen LogP contribution is -2.43. The molecular formula is C30H28FN5O3. The van der Waals surface area contributed by atoms with Crippen molar-refractivity contribution >= 4 is 29.2 Å². The Morgan fingerprint density at radius 2 is 1.92 bits per heavy atom. The van der Waals surface area contributed by atoms with Gasteiger partial charge in [-0.2, -0.15) is 5.26 Å². The first-order valence-electron chi connectivity index (χ1n) is 12.7. The Morgan fingerprint density at radius 3 is 2.67 bits per heavy atom. The van der Waals surface area contributed by atoms with E-state index in [1.807, 2.05) is 30.3 Å². The molecule has 1 spiro atoms. The Bertz CT molecular complexity index is 1550. The van der Waals surface area contributed by atoms with E-state index in [9.17, 15) is 24.0 Å². The maximum Gasteiger partial charge on any atom is 0.244 e. The van der Waals surface area contributed by atoms with Gasteiger partial charge in [0.2, 0.25) is 17.7 Å². The molecule has 2 heterocycles. The van der Waals surface area contributed by atoms with Crippen molar-refractivity contribution in [3.05, 3.63) is 88.4 Å². The lowest BCUT2D eigenvalue weighted by atomic mass is 9.79. The Hall–Kier alpha value is -4.58. The van der Waals surface area contributed by atoms with E-state index in [1.54, 1.807) is 39.1 Å². The molecule has 3 aromatic rings. The number of fused-ring (bicyclic) bond motifs is 3. The van der Waals surface area contributed by atoms with Crippen LogP contribution in [0.25, 0.3) is 0 Å². The van der Waals surface area contributed by atoms with Gasteiger partial charge in [-0.3, -0.25) is 14.4 Å². The van der Waals surface area contributed by atoms with Crippen LogP contribution in [0.15, 0.2) is 54.7 Å². The number of pyridine rings is 1. The van der Waals surface area contributed by atoms with Crippen molar-refractivity contribution in [3.8, 4) is 6.07 Å². The van der Waals surface area contributed by atoms with Gasteiger partial charge in [0.15, 0.2) is 0 Å². The lowest BCUT2D eigenvalue weighted by molar-refractivity contribution is -0.142. The third-order valence-corrected chi connectivity index (χ3v) is 7.30. The predicted octanol–water partition coefficient (Wildman–Crippen LogP) is 4.09. The third kappa shape index (κ3) is 4.74. The van der Waals surface area contributed by atoms with Crippen LogP contribution in [-0.2, 0) is 39.2 Å². The van der Waals surface area contributed by atoms with Gasteiger partial charge in [0.1, 0.15) is 24.2 Å². The van der Waals surface area contributed by atoms with E-state index in [2.05, 4.69) is 15.6 Å². The maximum atomic E-state index is 14.2. The van der Waals surface area contributed by atoms with Crippen LogP contribution in [0.3, 0.4) is 0 Å². The van der Waals surface area contributed by atoms with E-state index in [0.717, 1.165) is 16.7 Å². The SMILES string of the molecule is CC(C)(C)C(=O)N(CC(=O)Nc1ccc2c(c1)CC1(C2)C(=O)Nc2ncccc21)Cc1cccc(F)c1C#N. The van der Waals surface area contributed by atoms with Gasteiger partial charge in [-0.05, 0) is 53.8 Å². The topological polar surface area (TPSA) is 115 Å². The molecule has 9 heteroatoms. The first-order valence-corrected chi connectivity index (χ1v) is 12.7. The standard InChI is InChI=1S/C30H28FN5O3/c1-29(2,3)28(39)36(16-19-6-4-8-24(31)22(19)15-32)17-25(37)34-21-10-9-18-13-30(14-20(18)12-21)23-7-5-11-33-26(23)35-27(30)38/h4-12H,13-14,16-17H2,1-3H3,(H,34,37)(H,33,35,38). The second-order valence-electron chi connectivity index (χ2n) is 11.1. The molecule has 0 fully saturated rings. The van der Waals surface area contributed by atoms with Crippen LogP contribution in [0.2, 0.25) is 0 Å². The van der Waals surface area contributed by atoms with Gasteiger partial charge >= 0.3 is 0 Å². The fraction of sp³-hybridized carbons (Fsp3) is 0.300. The van der Waals surface area contributed by atoms with Gasteiger partial charge in [-0.1, -0.05) is 45.0 Å². The van der Waals surface area contributed by atoms with Gasteiger partial charge in [-0.15, -0.1) is 0 Å². The third-order valence-electron chi connectivity index (χ3n) is 7.30. The summed E-state index contributed by atoms with van der Waals surface area (Å²) in [5.41, 5.74) is 2.08. The van der Waals surface area contributed by atoms with E-state index in [0.29, 0.717) is 29.9 Å². The highest BCUT2D eigenvalue weighted by Gasteiger charge is 2.51. The minimum atomic E-state index is -0.796. The molecule has 198 valence electrons. The summed E-state index contributed by atoms with van der Waals surface area (Å²) in [5, 5.41) is 15.2. The zero-order chi connectivity index (χ0) is 27.9. The summed E-state index contributed by atoms with van der Waals surface area (Å²) in [7, 11) is 0. The number of nitrogens with one attached hydrogen (secondary N) is 2. The molecule has 0 bridgehead atoms. The number of hydrogen-bond donors (Lipinski definition) is 2. The van der Waals surface area contributed by atoms with Crippen molar-refractivity contribution in [2.45, 2.75) is 45.6 Å². The van der Waals surface area contributed by atoms with E-state index in [-0.39, 0.29) is 30.5 Å². The van der Waals surface area contributed by atoms with Crippen LogP contribution in [0.5, 0.6) is 0 Å². The maximum absolute atomic E-state index is 14.2. The molecule has 3 amide bonds. The monoisotopic (exact) mass is 525 g/mol. The summed E-state index contributed by atoms with van der Waals surface area (Å²) in [5.74, 6) is -0.897. The van der Waals surface area contributed by atoms with Gasteiger partial charge in [0, 0.05) is 29.4 Å². The van der Waals surface area contributed by atoms with Crippen molar-refractivity contribution in [2.24, 2.45) is 5.41 Å². The number of amides is 3. The minimum absolute atomic E-state index is 0.0802. The fourth-order valence-electron chi connectivity index (χ4n) is 5.42. The molecule has 0 saturated carbocycles. The van der Waals surface area contributed by atoms with Crippen molar-refractivity contribution in [1.82, 2.24) is 9.88 Å². The summed E-state index contributed by atoms with van der Waals surface area (Å²) >= 11 is 0. The first kappa shape index (κ1) is 26.0. The Morgan fingerprint density at radius 1 is 1.15 bits per heavy atom. The molecule has 2 N–H and O–H groups in total. The van der Waals surface area contributed by atoms with Crippen LogP contribution < -0.4 is 10.6 Å². The Kier molecular flexibility index (Phi) is 6.43. The largest absolute Gasteiger partial charge is 0.329 e. The molecule has 0 saturated heterocycles. The molecule has 1 unspecified atom stereocenters. The molecule has 8 nitrogen and oxygen atoms in total. The average Bonchev–Trinajstić information content (AvgIpc) is 3.39. The van der Waals surface area contributed by atoms with E-state index >= 15 is 0 Å². The average molecular weight is 526 g/mol. The van der Waals surface area contributed by atoms with Crippen molar-refractivity contribution in [1.29, 1.82) is 5.26 Å². The Labute approximate surface area is 225 Å². The lowest BCUT2D eigenvalue weighted by Gasteiger charge is -2.29. The number of rotatable bonds is 5. The number of benzene rings is 2. The van der Waals surface area contributed by atoms with Crippen molar-refractivity contribution in [3.63, 3.8) is 0 Å². The smallest absolute Gasteiger partial charge is 0.244 e. The van der Waals surface area contributed by atoms with Crippen LogP contribution >= 0.6 is 0 Å². The molecular weight excluding hydrogens is 497 g/mol. The summed E-state index contributed by atoms with van der Waals surface area (Å²) < 4.78 is 14.2. The van der Waals surface area contributed by atoms with Crippen molar-refractivity contribution < 1.29 is 18.8 Å². The molecule has 1 aliphatic heterocycles. The van der Waals surface area contributed by atoms with Gasteiger partial charge in [-0.25, -0.2) is 9.37 Å². The zero-order valence-electron chi connectivity index (χ0n) is 22.0. The molecule has 1 atom stereocenters. The highest BCUT2D eigenvalue weighted by atomic mass is 19.1. The number of nitrogens with zero attached hydrogens (tertiary/aromatic N) is 3. The summed E-state index contributed by atoms with van der Waals surface area (Å²) in [4.78, 5) is 44.9. The number of carbonyl (C=O) groups is 3. The zero-order valence-corrected chi connectivity index (χ0v) is 22.0. The highest BCUT2D eigenvalue weighted by Crippen LogP contribution is 2.46. The van der Waals surface area contributed by atoms with Gasteiger partial charge < -0.3 is 15.5 Å². The predicted molar refractivity (Wildman–Crippen MR) is 143 cm³/mol. The van der Waals surface area contributed by atoms with E-state index < -0.39 is 22.6 Å². The highest BCUT2D eigenvalue weighted by molar-refractivity contribution is 6.06. The molecule has 39 heavy (non-hydrogen) atoms. The van der Waals surface area contributed by atoms with Gasteiger partial charge in [0.25, 0.3) is 0 Å². The molecule has 0 radical (unpaired) electrons. The quantitative estimate of drug-likeness (QED) is 0.521. The summed E-state index contributed by atoms with van der Waals surface area (Å²) in [6.45, 7) is 4.85. The number of anilines is 2. The molecule has 2 aromatic carbocycles. The molecule has 1 aliphatic carbocycles. The summed E-state index contributed by atoms with van der Waals surface area (Å²) in [6, 6.07) is 15.4. The second kappa shape index (κ2) is 9.62. The number of hydrogen-bond acceptors (Lipinski definition) is 5. The molecule has 5 rings (SSSR count). The number of nitriles is 1. The number of halogens is 1. The van der Waals surface area contributed by atoms with Crippen LogP contribution in [0, 0.1) is 22.6 Å². The first-order chi connectivity index (χ1) is 18.5. The summed E-state index contributed by atoms with van der Waals surface area (Å²) in [6.07, 6.45) is 2.68. The van der Waals surface area contributed by atoms with Crippen LogP contribution in [-0.4, -0.2) is 34.2 Å². The fourth-order valence-corrected chi connectivity index (χ4v) is 5.42. The minimum Gasteiger partial charge on any atom is -0.329 e. The number of carbonyl (C=O) groups excluding carboxylic acids is 3. The van der Waals surface area contributed by atoms with Gasteiger partial charge in [0.05, 0.1) is 11.0 Å². The van der Waals surface area contributed by atoms with E-state index in [1.165, 1.54) is 17.0 Å². The number of aromatic nitrogens is 1. The van der Waals surface area contributed by atoms with Crippen LogP contribution in [0.1, 0.15) is 48.6 Å². The molecule has 1 aromatic heterocycles. The normalized spacial score (nSPS) is 17.3. The van der Waals surface area contributed by atoms with E-state index in [4.69, 9.17) is 0 Å². The Balaban J connectivity index is 1.34. The van der Waals surface area contributed by atoms with Crippen LogP contribution in [0.4, 0.5) is 15.9 Å².